The topological polar surface area (TPSA) is 77.0 Å². The maximum atomic E-state index is 12.7. The van der Waals surface area contributed by atoms with E-state index in [4.69, 9.17) is 21.1 Å². The van der Waals surface area contributed by atoms with E-state index in [-0.39, 0.29) is 0 Å². The monoisotopic (exact) mass is 522 g/mol. The maximum absolute atomic E-state index is 12.7. The molecule has 0 bridgehead atoms. The summed E-state index contributed by atoms with van der Waals surface area (Å²) in [6, 6.07) is 31.2. The summed E-state index contributed by atoms with van der Waals surface area (Å²) in [5, 5.41) is 8.52. The van der Waals surface area contributed by atoms with E-state index in [1.165, 1.54) is 6.21 Å². The van der Waals surface area contributed by atoms with Crippen LogP contribution >= 0.6 is 11.6 Å². The molecule has 6 nitrogen and oxygen atoms in total. The fraction of sp³-hybridized carbons (Fsp3) is 0.0645. The molecule has 5 aromatic carbocycles. The van der Waals surface area contributed by atoms with Crippen LogP contribution in [0.2, 0.25) is 5.02 Å². The molecular formula is C31H23ClN2O4. The number of ether oxygens (including phenoxy) is 2. The second kappa shape index (κ2) is 11.2. The number of hydrazone groups is 1. The van der Waals surface area contributed by atoms with Gasteiger partial charge in [0.1, 0.15) is 11.5 Å². The molecule has 1 atom stereocenters. The molecule has 7 heteroatoms. The molecule has 0 aliphatic heterocycles. The van der Waals surface area contributed by atoms with Crippen LogP contribution in [0.15, 0.2) is 108 Å². The molecule has 0 radical (unpaired) electrons. The summed E-state index contributed by atoms with van der Waals surface area (Å²) in [5.41, 5.74) is 3.43. The molecule has 5 aromatic rings. The van der Waals surface area contributed by atoms with Gasteiger partial charge < -0.3 is 9.47 Å². The lowest BCUT2D eigenvalue weighted by molar-refractivity contribution is -0.127. The van der Waals surface area contributed by atoms with Crippen molar-refractivity contribution in [1.29, 1.82) is 0 Å². The normalized spacial score (nSPS) is 11.9. The van der Waals surface area contributed by atoms with E-state index in [2.05, 4.69) is 10.5 Å². The lowest BCUT2D eigenvalue weighted by Gasteiger charge is -2.14. The molecular weight excluding hydrogens is 500 g/mol. The largest absolute Gasteiger partial charge is 0.481 e. The summed E-state index contributed by atoms with van der Waals surface area (Å²) < 4.78 is 11.5. The standard InChI is InChI=1S/C31H23ClN2O4/c1-20(37-26-16-12-21-6-2-3-8-24(21)18-26)30(35)34-33-19-28-27-9-5-4-7-22(27)13-17-29(28)38-31(36)23-10-14-25(32)15-11-23/h2-20H,1H3,(H,34,35)/b33-19+. The number of fused-ring (bicyclic) bond motifs is 2. The van der Waals surface area contributed by atoms with Crippen molar-refractivity contribution in [3.05, 3.63) is 119 Å². The SMILES string of the molecule is CC(Oc1ccc2ccccc2c1)C(=O)N/N=C/c1c(OC(=O)c2ccc(Cl)cc2)ccc2ccccc12. The number of nitrogens with one attached hydrogen (secondary N) is 1. The van der Waals surface area contributed by atoms with E-state index < -0.39 is 18.0 Å². The first kappa shape index (κ1) is 25.0. The van der Waals surface area contributed by atoms with Crippen LogP contribution in [0, 0.1) is 0 Å². The van der Waals surface area contributed by atoms with Crippen molar-refractivity contribution in [3.63, 3.8) is 0 Å². The van der Waals surface area contributed by atoms with Crippen molar-refractivity contribution in [1.82, 2.24) is 5.43 Å². The van der Waals surface area contributed by atoms with Gasteiger partial charge in [0.2, 0.25) is 0 Å². The minimum atomic E-state index is -0.789. The molecule has 0 aliphatic rings. The molecule has 188 valence electrons. The Morgan fingerprint density at radius 3 is 2.32 bits per heavy atom. The number of carbonyl (C=O) groups excluding carboxylic acids is 2. The highest BCUT2D eigenvalue weighted by atomic mass is 35.5. The fourth-order valence-electron chi connectivity index (χ4n) is 3.99. The van der Waals surface area contributed by atoms with E-state index in [0.717, 1.165) is 21.5 Å². The molecule has 1 N–H and O–H groups in total. The molecule has 0 aromatic heterocycles. The van der Waals surface area contributed by atoms with Gasteiger partial charge in [-0.25, -0.2) is 10.2 Å². The Kier molecular flexibility index (Phi) is 7.33. The van der Waals surface area contributed by atoms with Gasteiger partial charge >= 0.3 is 5.97 Å². The van der Waals surface area contributed by atoms with Crippen LogP contribution in [0.25, 0.3) is 21.5 Å². The van der Waals surface area contributed by atoms with Crippen LogP contribution in [0.3, 0.4) is 0 Å². The van der Waals surface area contributed by atoms with E-state index in [0.29, 0.717) is 27.6 Å². The number of benzene rings is 5. The number of nitrogens with zero attached hydrogens (tertiary/aromatic N) is 1. The third kappa shape index (κ3) is 5.66. The third-order valence-corrected chi connectivity index (χ3v) is 6.24. The summed E-state index contributed by atoms with van der Waals surface area (Å²) in [6.07, 6.45) is 0.677. The molecule has 1 unspecified atom stereocenters. The van der Waals surface area contributed by atoms with Crippen LogP contribution in [0.4, 0.5) is 0 Å². The zero-order valence-corrected chi connectivity index (χ0v) is 21.2. The van der Waals surface area contributed by atoms with Gasteiger partial charge in [-0.15, -0.1) is 0 Å². The first-order valence-corrected chi connectivity index (χ1v) is 12.3. The minimum Gasteiger partial charge on any atom is -0.481 e. The highest BCUT2D eigenvalue weighted by Crippen LogP contribution is 2.28. The van der Waals surface area contributed by atoms with E-state index in [1.807, 2.05) is 72.8 Å². The van der Waals surface area contributed by atoms with E-state index in [9.17, 15) is 9.59 Å². The van der Waals surface area contributed by atoms with Crippen molar-refractivity contribution < 1.29 is 19.1 Å². The predicted octanol–water partition coefficient (Wildman–Crippen LogP) is 6.78. The summed E-state index contributed by atoms with van der Waals surface area (Å²) in [7, 11) is 0. The number of carbonyl (C=O) groups is 2. The van der Waals surface area contributed by atoms with Crippen LogP contribution in [-0.4, -0.2) is 24.2 Å². The summed E-state index contributed by atoms with van der Waals surface area (Å²) in [6.45, 7) is 1.65. The summed E-state index contributed by atoms with van der Waals surface area (Å²) in [4.78, 5) is 25.4. The average molecular weight is 523 g/mol. The van der Waals surface area contributed by atoms with Gasteiger partial charge in [-0.3, -0.25) is 4.79 Å². The minimum absolute atomic E-state index is 0.308. The van der Waals surface area contributed by atoms with Gasteiger partial charge in [0.15, 0.2) is 6.10 Å². The van der Waals surface area contributed by atoms with Gasteiger partial charge in [-0.1, -0.05) is 72.3 Å². The lowest BCUT2D eigenvalue weighted by atomic mass is 10.0. The average Bonchev–Trinajstić information content (AvgIpc) is 2.94. The fourth-order valence-corrected chi connectivity index (χ4v) is 4.12. The van der Waals surface area contributed by atoms with Gasteiger partial charge in [-0.2, -0.15) is 5.10 Å². The van der Waals surface area contributed by atoms with Crippen LogP contribution in [0.1, 0.15) is 22.8 Å². The summed E-state index contributed by atoms with van der Waals surface area (Å²) in [5.74, 6) is -0.0645. The molecule has 0 saturated carbocycles. The Bertz CT molecular complexity index is 1660. The summed E-state index contributed by atoms with van der Waals surface area (Å²) >= 11 is 5.93. The van der Waals surface area contributed by atoms with Gasteiger partial charge in [0.25, 0.3) is 5.91 Å². The zero-order valence-electron chi connectivity index (χ0n) is 20.4. The van der Waals surface area contributed by atoms with Gasteiger partial charge in [0, 0.05) is 10.6 Å². The quantitative estimate of drug-likeness (QED) is 0.111. The number of halogens is 1. The molecule has 5 rings (SSSR count). The third-order valence-electron chi connectivity index (χ3n) is 5.98. The van der Waals surface area contributed by atoms with Crippen LogP contribution in [-0.2, 0) is 4.79 Å². The van der Waals surface area contributed by atoms with Gasteiger partial charge in [0.05, 0.1) is 11.8 Å². The Morgan fingerprint density at radius 2 is 1.53 bits per heavy atom. The van der Waals surface area contributed by atoms with E-state index >= 15 is 0 Å². The molecule has 0 fully saturated rings. The number of hydrogen-bond donors (Lipinski definition) is 1. The smallest absolute Gasteiger partial charge is 0.343 e. The molecule has 0 aliphatic carbocycles. The van der Waals surface area contributed by atoms with Crippen LogP contribution in [0.5, 0.6) is 11.5 Å². The first-order valence-electron chi connectivity index (χ1n) is 12.0. The van der Waals surface area contributed by atoms with Crippen molar-refractivity contribution in [2.45, 2.75) is 13.0 Å². The highest BCUT2D eigenvalue weighted by molar-refractivity contribution is 6.30. The second-order valence-corrected chi connectivity index (χ2v) is 9.03. The second-order valence-electron chi connectivity index (χ2n) is 8.60. The Morgan fingerprint density at radius 1 is 0.842 bits per heavy atom. The van der Waals surface area contributed by atoms with Crippen molar-refractivity contribution in [2.75, 3.05) is 0 Å². The molecule has 0 heterocycles. The first-order chi connectivity index (χ1) is 18.5. The van der Waals surface area contributed by atoms with Crippen molar-refractivity contribution >= 4 is 51.2 Å². The van der Waals surface area contributed by atoms with Crippen LogP contribution < -0.4 is 14.9 Å². The van der Waals surface area contributed by atoms with E-state index in [1.54, 1.807) is 37.3 Å². The Balaban J connectivity index is 1.32. The molecule has 0 spiro atoms. The zero-order chi connectivity index (χ0) is 26.5. The van der Waals surface area contributed by atoms with Crippen molar-refractivity contribution in [2.24, 2.45) is 5.10 Å². The predicted molar refractivity (Wildman–Crippen MR) is 150 cm³/mol. The number of rotatable bonds is 7. The maximum Gasteiger partial charge on any atom is 0.343 e. The van der Waals surface area contributed by atoms with Crippen molar-refractivity contribution in [3.8, 4) is 11.5 Å². The van der Waals surface area contributed by atoms with Gasteiger partial charge in [-0.05, 0) is 70.9 Å². The number of hydrogen-bond acceptors (Lipinski definition) is 5. The number of amides is 1. The Labute approximate surface area is 224 Å². The highest BCUT2D eigenvalue weighted by Gasteiger charge is 2.16. The molecule has 0 saturated heterocycles. The lowest BCUT2D eigenvalue weighted by Crippen LogP contribution is -2.33. The molecule has 38 heavy (non-hydrogen) atoms. The Hall–Kier alpha value is -4.68. The number of esters is 1. The molecule has 1 amide bonds.